The molecule has 4 heterocycles. The van der Waals surface area contributed by atoms with Gasteiger partial charge < -0.3 is 9.05 Å². The number of carbonyl (C=O) groups is 1. The van der Waals surface area contributed by atoms with Crippen molar-refractivity contribution >= 4 is 23.3 Å². The molecule has 0 radical (unpaired) electrons. The van der Waals surface area contributed by atoms with Gasteiger partial charge in [0.15, 0.2) is 0 Å². The van der Waals surface area contributed by atoms with E-state index in [4.69, 9.17) is 9.05 Å². The molecule has 11 heteroatoms. The smallest absolute Gasteiger partial charge is 0.339 e. The lowest BCUT2D eigenvalue weighted by atomic mass is 10.2. The number of carbonyl (C=O) groups excluding carboxylic acids is 1. The highest BCUT2D eigenvalue weighted by atomic mass is 32.1. The maximum Gasteiger partial charge on any atom is 0.340 e. The van der Waals surface area contributed by atoms with Crippen molar-refractivity contribution in [3.05, 3.63) is 47.9 Å². The third-order valence-corrected chi connectivity index (χ3v) is 4.54. The van der Waals surface area contributed by atoms with Crippen LogP contribution in [0, 0.1) is 0 Å². The lowest BCUT2D eigenvalue weighted by molar-refractivity contribution is -0.120. The molecule has 0 aliphatic heterocycles. The van der Waals surface area contributed by atoms with E-state index >= 15 is 0 Å². The third-order valence-electron chi connectivity index (χ3n) is 3.68. The number of rotatable bonds is 8. The van der Waals surface area contributed by atoms with Crippen LogP contribution < -0.4 is 10.9 Å². The van der Waals surface area contributed by atoms with Gasteiger partial charge in [0.25, 0.3) is 0 Å². The maximum atomic E-state index is 11.9. The van der Waals surface area contributed by atoms with Gasteiger partial charge >= 0.3 is 6.01 Å². The molecule has 0 spiro atoms. The third kappa shape index (κ3) is 4.38. The molecular weight excluding hydrogens is 382 g/mol. The quantitative estimate of drug-likeness (QED) is 0.431. The minimum absolute atomic E-state index is 0.0950. The first-order valence-electron chi connectivity index (χ1n) is 8.43. The topological polar surface area (TPSA) is 132 Å². The normalized spacial score (nSPS) is 10.7. The average Bonchev–Trinajstić information content (AvgIpc) is 3.48. The van der Waals surface area contributed by atoms with E-state index in [9.17, 15) is 4.79 Å². The van der Waals surface area contributed by atoms with Crippen LogP contribution in [0.5, 0.6) is 0 Å². The molecule has 0 saturated heterocycles. The van der Waals surface area contributed by atoms with Crippen LogP contribution in [0.1, 0.15) is 18.7 Å². The van der Waals surface area contributed by atoms with Crippen molar-refractivity contribution in [3.63, 3.8) is 0 Å². The van der Waals surface area contributed by atoms with E-state index in [1.165, 1.54) is 0 Å². The highest BCUT2D eigenvalue weighted by Gasteiger charge is 2.11. The second-order valence-corrected chi connectivity index (χ2v) is 6.62. The molecule has 0 aliphatic rings. The number of hydrogen-bond acceptors (Lipinski definition) is 10. The van der Waals surface area contributed by atoms with Gasteiger partial charge in [-0.2, -0.15) is 9.97 Å². The van der Waals surface area contributed by atoms with Crippen LogP contribution in [0.2, 0.25) is 0 Å². The van der Waals surface area contributed by atoms with Gasteiger partial charge in [0, 0.05) is 30.8 Å². The largest absolute Gasteiger partial charge is 0.340 e. The Balaban J connectivity index is 1.21. The summed E-state index contributed by atoms with van der Waals surface area (Å²) in [5, 5.41) is 9.73. The molecule has 0 bridgehead atoms. The molecule has 0 aromatic carbocycles. The van der Waals surface area contributed by atoms with Crippen molar-refractivity contribution < 1.29 is 13.8 Å². The minimum Gasteiger partial charge on any atom is -0.339 e. The van der Waals surface area contributed by atoms with Gasteiger partial charge in [-0.15, -0.1) is 11.3 Å². The lowest BCUT2D eigenvalue weighted by Crippen LogP contribution is -2.29. The summed E-state index contributed by atoms with van der Waals surface area (Å²) in [5.41, 5.74) is 5.88. The number of nitrogens with zero attached hydrogens (tertiary/aromatic N) is 5. The summed E-state index contributed by atoms with van der Waals surface area (Å²) in [6.45, 7) is 0. The molecular formula is C17H15N7O3S. The van der Waals surface area contributed by atoms with Crippen molar-refractivity contribution in [1.82, 2.24) is 30.7 Å². The number of aromatic nitrogens is 5. The van der Waals surface area contributed by atoms with Gasteiger partial charge in [0.1, 0.15) is 0 Å². The Kier molecular flexibility index (Phi) is 5.33. The summed E-state index contributed by atoms with van der Waals surface area (Å²) in [6, 6.07) is 7.47. The summed E-state index contributed by atoms with van der Waals surface area (Å²) >= 11 is 1.54. The predicted molar refractivity (Wildman–Crippen MR) is 99.8 cm³/mol. The zero-order valence-electron chi connectivity index (χ0n) is 14.5. The molecule has 0 aliphatic carbocycles. The Labute approximate surface area is 163 Å². The maximum absolute atomic E-state index is 11.9. The number of thiophene rings is 1. The fourth-order valence-electron chi connectivity index (χ4n) is 2.34. The molecule has 2 N–H and O–H groups in total. The summed E-state index contributed by atoms with van der Waals surface area (Å²) in [4.78, 5) is 25.3. The number of hydrogen-bond donors (Lipinski definition) is 2. The highest BCUT2D eigenvalue weighted by molar-refractivity contribution is 7.13. The molecule has 142 valence electrons. The Morgan fingerprint density at radius 1 is 1.07 bits per heavy atom. The predicted octanol–water partition coefficient (Wildman–Crippen LogP) is 2.71. The zero-order valence-corrected chi connectivity index (χ0v) is 15.3. The van der Waals surface area contributed by atoms with E-state index in [0.717, 1.165) is 10.4 Å². The molecule has 28 heavy (non-hydrogen) atoms. The molecule has 4 aromatic heterocycles. The van der Waals surface area contributed by atoms with Gasteiger partial charge in [-0.3, -0.25) is 15.2 Å². The van der Waals surface area contributed by atoms with Crippen molar-refractivity contribution in [2.75, 3.05) is 5.43 Å². The lowest BCUT2D eigenvalue weighted by Gasteiger charge is -2.03. The van der Waals surface area contributed by atoms with Crippen LogP contribution in [0.25, 0.3) is 22.1 Å². The molecule has 0 saturated carbocycles. The van der Waals surface area contributed by atoms with Crippen LogP contribution >= 0.6 is 11.3 Å². The van der Waals surface area contributed by atoms with E-state index < -0.39 is 0 Å². The average molecular weight is 397 g/mol. The molecule has 0 unspecified atom stereocenters. The molecule has 0 fully saturated rings. The summed E-state index contributed by atoms with van der Waals surface area (Å²) in [5.74, 6) is 1.25. The van der Waals surface area contributed by atoms with E-state index in [1.54, 1.807) is 35.9 Å². The van der Waals surface area contributed by atoms with E-state index in [1.807, 2.05) is 17.5 Å². The van der Waals surface area contributed by atoms with Crippen LogP contribution in [-0.2, 0) is 11.2 Å². The number of aryl methyl sites for hydroxylation is 1. The summed E-state index contributed by atoms with van der Waals surface area (Å²) in [6.07, 6.45) is 4.61. The molecule has 4 rings (SSSR count). The number of hydrazine groups is 1. The van der Waals surface area contributed by atoms with Gasteiger partial charge in [-0.1, -0.05) is 16.4 Å². The Morgan fingerprint density at radius 2 is 1.93 bits per heavy atom. The van der Waals surface area contributed by atoms with Gasteiger partial charge in [-0.05, 0) is 30.0 Å². The Hall–Kier alpha value is -3.60. The Morgan fingerprint density at radius 3 is 2.75 bits per heavy atom. The SMILES string of the molecule is O=C(CCCc1nc(-c2cccs2)no1)NNc1nc(-c2ccncc2)no1. The first kappa shape index (κ1) is 17.8. The van der Waals surface area contributed by atoms with Crippen LogP contribution in [0.4, 0.5) is 6.01 Å². The Bertz CT molecular complexity index is 1030. The number of pyridine rings is 1. The van der Waals surface area contributed by atoms with Gasteiger partial charge in [-0.25, -0.2) is 5.43 Å². The van der Waals surface area contributed by atoms with E-state index in [2.05, 4.69) is 36.1 Å². The summed E-state index contributed by atoms with van der Waals surface area (Å²) in [7, 11) is 0. The van der Waals surface area contributed by atoms with Crippen LogP contribution in [0.3, 0.4) is 0 Å². The van der Waals surface area contributed by atoms with Crippen molar-refractivity contribution in [3.8, 4) is 22.1 Å². The fraction of sp³-hybridized carbons (Fsp3) is 0.176. The fourth-order valence-corrected chi connectivity index (χ4v) is 2.99. The number of amides is 1. The van der Waals surface area contributed by atoms with E-state index in [-0.39, 0.29) is 18.3 Å². The first-order valence-corrected chi connectivity index (χ1v) is 9.31. The first-order chi connectivity index (χ1) is 13.8. The number of anilines is 1. The standard InChI is InChI=1S/C17H15N7O3S/c25-13(4-1-5-14-19-16(24-26-14)12-3-2-10-28-12)21-22-17-20-15(23-27-17)11-6-8-18-9-7-11/h2-3,6-10H,1,4-5H2,(H,21,25)(H,20,22,23). The van der Waals surface area contributed by atoms with Crippen LogP contribution in [0.15, 0.2) is 51.1 Å². The van der Waals surface area contributed by atoms with Crippen LogP contribution in [-0.4, -0.2) is 31.2 Å². The second-order valence-electron chi connectivity index (χ2n) is 5.67. The van der Waals surface area contributed by atoms with Gasteiger partial charge in [0.2, 0.25) is 23.4 Å². The highest BCUT2D eigenvalue weighted by Crippen LogP contribution is 2.21. The summed E-state index contributed by atoms with van der Waals surface area (Å²) < 4.78 is 10.2. The molecule has 1 amide bonds. The number of nitrogens with one attached hydrogen (secondary N) is 2. The molecule has 10 nitrogen and oxygen atoms in total. The zero-order chi connectivity index (χ0) is 19.2. The second kappa shape index (κ2) is 8.39. The van der Waals surface area contributed by atoms with Crippen molar-refractivity contribution in [2.45, 2.75) is 19.3 Å². The van der Waals surface area contributed by atoms with Crippen molar-refractivity contribution in [2.24, 2.45) is 0 Å². The molecule has 4 aromatic rings. The van der Waals surface area contributed by atoms with E-state index in [0.29, 0.717) is 30.4 Å². The monoisotopic (exact) mass is 397 g/mol. The molecule has 0 atom stereocenters. The minimum atomic E-state index is -0.221. The van der Waals surface area contributed by atoms with Gasteiger partial charge in [0.05, 0.1) is 4.88 Å². The van der Waals surface area contributed by atoms with Crippen molar-refractivity contribution in [1.29, 1.82) is 0 Å².